The number of thiophene rings is 1. The minimum Gasteiger partial charge on any atom is -0.342 e. The zero-order valence-corrected chi connectivity index (χ0v) is 14.2. The fourth-order valence-electron chi connectivity index (χ4n) is 3.29. The van der Waals surface area contributed by atoms with E-state index < -0.39 is 0 Å². The Morgan fingerprint density at radius 3 is 2.87 bits per heavy atom. The van der Waals surface area contributed by atoms with Crippen molar-refractivity contribution < 1.29 is 9.32 Å². The molecule has 2 aliphatic heterocycles. The molecule has 0 unspecified atom stereocenters. The Morgan fingerprint density at radius 1 is 1.39 bits per heavy atom. The molecule has 8 heteroatoms. The minimum atomic E-state index is 0. The maximum atomic E-state index is 12.3. The van der Waals surface area contributed by atoms with E-state index in [1.807, 2.05) is 22.4 Å². The number of amides is 1. The molecule has 4 rings (SSSR count). The molecular formula is C15H19ClN4O2S. The standard InChI is InChI=1S/C15H18N4O2S.ClH/c20-14(19-8-10-6-16-7-11(10)9-19)4-3-13-17-15(18-21-13)12-2-1-5-22-12;/h1-2,5,10-11,16H,3-4,6-9H2;1H/t10-,11+;. The van der Waals surface area contributed by atoms with Gasteiger partial charge >= 0.3 is 0 Å². The predicted molar refractivity (Wildman–Crippen MR) is 89.6 cm³/mol. The topological polar surface area (TPSA) is 71.3 Å². The van der Waals surface area contributed by atoms with Gasteiger partial charge in [-0.2, -0.15) is 4.98 Å². The molecule has 0 bridgehead atoms. The van der Waals surface area contributed by atoms with E-state index >= 15 is 0 Å². The minimum absolute atomic E-state index is 0. The van der Waals surface area contributed by atoms with Crippen LogP contribution in [0.2, 0.25) is 0 Å². The Labute approximate surface area is 144 Å². The van der Waals surface area contributed by atoms with Crippen molar-refractivity contribution in [2.75, 3.05) is 26.2 Å². The summed E-state index contributed by atoms with van der Waals surface area (Å²) < 4.78 is 5.24. The number of fused-ring (bicyclic) bond motifs is 1. The zero-order chi connectivity index (χ0) is 14.9. The molecule has 1 N–H and O–H groups in total. The second kappa shape index (κ2) is 6.98. The summed E-state index contributed by atoms with van der Waals surface area (Å²) in [5, 5.41) is 9.34. The fraction of sp³-hybridized carbons (Fsp3) is 0.533. The SMILES string of the molecule is Cl.O=C(CCc1nc(-c2cccs2)no1)N1C[C@H]2CNC[C@H]2C1. The Morgan fingerprint density at radius 2 is 2.17 bits per heavy atom. The molecule has 2 saturated heterocycles. The quantitative estimate of drug-likeness (QED) is 0.907. The average Bonchev–Trinajstić information content (AvgIpc) is 3.26. The number of nitrogens with zero attached hydrogens (tertiary/aromatic N) is 3. The Hall–Kier alpha value is -1.44. The summed E-state index contributed by atoms with van der Waals surface area (Å²) in [6.45, 7) is 3.87. The number of carbonyl (C=O) groups is 1. The van der Waals surface area contributed by atoms with Crippen molar-refractivity contribution >= 4 is 29.7 Å². The van der Waals surface area contributed by atoms with Crippen LogP contribution in [0.3, 0.4) is 0 Å². The van der Waals surface area contributed by atoms with Gasteiger partial charge in [-0.15, -0.1) is 23.7 Å². The van der Waals surface area contributed by atoms with Crippen molar-refractivity contribution in [2.45, 2.75) is 12.8 Å². The van der Waals surface area contributed by atoms with Gasteiger partial charge in [-0.1, -0.05) is 11.2 Å². The highest BCUT2D eigenvalue weighted by atomic mass is 35.5. The molecule has 2 aromatic heterocycles. The van der Waals surface area contributed by atoms with Gasteiger partial charge in [-0.05, 0) is 23.3 Å². The third-order valence-corrected chi connectivity index (χ3v) is 5.37. The van der Waals surface area contributed by atoms with Crippen molar-refractivity contribution in [2.24, 2.45) is 11.8 Å². The van der Waals surface area contributed by atoms with Crippen molar-refractivity contribution in [3.63, 3.8) is 0 Å². The van der Waals surface area contributed by atoms with Crippen LogP contribution in [0.5, 0.6) is 0 Å². The first-order chi connectivity index (χ1) is 10.8. The zero-order valence-electron chi connectivity index (χ0n) is 12.6. The van der Waals surface area contributed by atoms with E-state index in [2.05, 4.69) is 15.5 Å². The van der Waals surface area contributed by atoms with E-state index in [1.165, 1.54) is 0 Å². The average molecular weight is 355 g/mol. The van der Waals surface area contributed by atoms with Gasteiger partial charge < -0.3 is 14.7 Å². The lowest BCUT2D eigenvalue weighted by Gasteiger charge is -2.16. The Bertz CT molecular complexity index is 648. The van der Waals surface area contributed by atoms with Crippen LogP contribution in [0.15, 0.2) is 22.0 Å². The van der Waals surface area contributed by atoms with Gasteiger partial charge in [0, 0.05) is 39.0 Å². The summed E-state index contributed by atoms with van der Waals surface area (Å²) in [7, 11) is 0. The first-order valence-electron chi connectivity index (χ1n) is 7.64. The molecule has 0 saturated carbocycles. The van der Waals surface area contributed by atoms with Crippen molar-refractivity contribution in [3.8, 4) is 10.7 Å². The lowest BCUT2D eigenvalue weighted by Crippen LogP contribution is -2.32. The number of nitrogens with one attached hydrogen (secondary N) is 1. The number of rotatable bonds is 4. The highest BCUT2D eigenvalue weighted by Gasteiger charge is 2.37. The smallest absolute Gasteiger partial charge is 0.227 e. The maximum absolute atomic E-state index is 12.3. The summed E-state index contributed by atoms with van der Waals surface area (Å²) in [5.41, 5.74) is 0. The molecule has 0 aromatic carbocycles. The molecule has 0 radical (unpaired) electrons. The summed E-state index contributed by atoms with van der Waals surface area (Å²) in [6.07, 6.45) is 0.959. The molecule has 2 aromatic rings. The van der Waals surface area contributed by atoms with E-state index in [0.717, 1.165) is 31.1 Å². The summed E-state index contributed by atoms with van der Waals surface area (Å²) in [4.78, 5) is 19.6. The Balaban J connectivity index is 0.00000156. The number of aromatic nitrogens is 2. The molecule has 4 heterocycles. The summed E-state index contributed by atoms with van der Waals surface area (Å²) >= 11 is 1.58. The van der Waals surface area contributed by atoms with E-state index in [0.29, 0.717) is 36.4 Å². The van der Waals surface area contributed by atoms with Crippen LogP contribution >= 0.6 is 23.7 Å². The lowest BCUT2D eigenvalue weighted by atomic mass is 10.0. The second-order valence-corrected chi connectivity index (χ2v) is 6.91. The highest BCUT2D eigenvalue weighted by molar-refractivity contribution is 7.13. The maximum Gasteiger partial charge on any atom is 0.227 e. The predicted octanol–water partition coefficient (Wildman–Crippen LogP) is 1.83. The second-order valence-electron chi connectivity index (χ2n) is 5.97. The number of carbonyl (C=O) groups excluding carboxylic acids is 1. The van der Waals surface area contributed by atoms with Crippen molar-refractivity contribution in [1.29, 1.82) is 0 Å². The van der Waals surface area contributed by atoms with E-state index in [4.69, 9.17) is 4.52 Å². The van der Waals surface area contributed by atoms with Gasteiger partial charge in [0.05, 0.1) is 4.88 Å². The van der Waals surface area contributed by atoms with Crippen LogP contribution in [0.25, 0.3) is 10.7 Å². The molecule has 2 aliphatic rings. The number of likely N-dealkylation sites (tertiary alicyclic amines) is 1. The fourth-order valence-corrected chi connectivity index (χ4v) is 3.94. The third kappa shape index (κ3) is 3.41. The van der Waals surface area contributed by atoms with Crippen molar-refractivity contribution in [3.05, 3.63) is 23.4 Å². The number of aryl methyl sites for hydroxylation is 1. The van der Waals surface area contributed by atoms with E-state index in [9.17, 15) is 4.79 Å². The first kappa shape index (κ1) is 16.4. The first-order valence-corrected chi connectivity index (χ1v) is 8.52. The van der Waals surface area contributed by atoms with Gasteiger partial charge in [0.15, 0.2) is 0 Å². The van der Waals surface area contributed by atoms with Crippen molar-refractivity contribution in [1.82, 2.24) is 20.4 Å². The molecule has 0 aliphatic carbocycles. The van der Waals surface area contributed by atoms with Crippen LogP contribution in [-0.4, -0.2) is 47.1 Å². The van der Waals surface area contributed by atoms with Crippen LogP contribution in [0.4, 0.5) is 0 Å². The summed E-state index contributed by atoms with van der Waals surface area (Å²) in [5.74, 6) is 2.62. The van der Waals surface area contributed by atoms with Gasteiger partial charge in [0.1, 0.15) is 0 Å². The van der Waals surface area contributed by atoms with Crippen LogP contribution in [-0.2, 0) is 11.2 Å². The van der Waals surface area contributed by atoms with E-state index in [-0.39, 0.29) is 18.3 Å². The lowest BCUT2D eigenvalue weighted by molar-refractivity contribution is -0.130. The molecule has 2 atom stereocenters. The highest BCUT2D eigenvalue weighted by Crippen LogP contribution is 2.27. The molecule has 2 fully saturated rings. The summed E-state index contributed by atoms with van der Waals surface area (Å²) in [6, 6.07) is 3.92. The van der Waals surface area contributed by atoms with Crippen LogP contribution < -0.4 is 5.32 Å². The van der Waals surface area contributed by atoms with Crippen LogP contribution in [0.1, 0.15) is 12.3 Å². The molecule has 6 nitrogen and oxygen atoms in total. The van der Waals surface area contributed by atoms with E-state index in [1.54, 1.807) is 11.3 Å². The molecule has 1 amide bonds. The van der Waals surface area contributed by atoms with Gasteiger partial charge in [0.25, 0.3) is 0 Å². The van der Waals surface area contributed by atoms with Gasteiger partial charge in [0.2, 0.25) is 17.6 Å². The van der Waals surface area contributed by atoms with Crippen LogP contribution in [0, 0.1) is 11.8 Å². The number of halogens is 1. The molecule has 124 valence electrons. The Kier molecular flexibility index (Phi) is 4.99. The molecule has 23 heavy (non-hydrogen) atoms. The normalized spacial score (nSPS) is 22.9. The number of hydrogen-bond acceptors (Lipinski definition) is 6. The molecule has 0 spiro atoms. The number of hydrogen-bond donors (Lipinski definition) is 1. The molecular weight excluding hydrogens is 336 g/mol. The van der Waals surface area contributed by atoms with Gasteiger partial charge in [-0.3, -0.25) is 4.79 Å². The largest absolute Gasteiger partial charge is 0.342 e. The monoisotopic (exact) mass is 354 g/mol. The van der Waals surface area contributed by atoms with Gasteiger partial charge in [-0.25, -0.2) is 0 Å². The third-order valence-electron chi connectivity index (χ3n) is 4.50.